The SMILES string of the molecule is CC(C)(C)c1cc(CN(CCCc2ccccc2)C(C)(C)C)c(O)c(-c2ccc(Cl)c(C(F)(F)F)c2)c1. The van der Waals surface area contributed by atoms with Gasteiger partial charge in [0.05, 0.1) is 10.6 Å². The second kappa shape index (κ2) is 11.1. The van der Waals surface area contributed by atoms with Crippen molar-refractivity contribution in [1.82, 2.24) is 4.90 Å². The van der Waals surface area contributed by atoms with Crippen LogP contribution in [0.2, 0.25) is 5.02 Å². The third-order valence-corrected chi connectivity index (χ3v) is 7.01. The highest BCUT2D eigenvalue weighted by Crippen LogP contribution is 2.42. The number of phenols is 1. The van der Waals surface area contributed by atoms with E-state index < -0.39 is 11.7 Å². The summed E-state index contributed by atoms with van der Waals surface area (Å²) < 4.78 is 40.8. The number of aryl methyl sites for hydroxylation is 1. The molecule has 0 heterocycles. The first-order valence-electron chi connectivity index (χ1n) is 12.6. The molecule has 37 heavy (non-hydrogen) atoms. The van der Waals surface area contributed by atoms with Crippen LogP contribution in [0.25, 0.3) is 11.1 Å². The minimum atomic E-state index is -4.59. The van der Waals surface area contributed by atoms with E-state index in [4.69, 9.17) is 11.6 Å². The topological polar surface area (TPSA) is 23.5 Å². The molecular weight excluding hydrogens is 495 g/mol. The number of hydrogen-bond acceptors (Lipinski definition) is 2. The lowest BCUT2D eigenvalue weighted by atomic mass is 9.83. The lowest BCUT2D eigenvalue weighted by molar-refractivity contribution is -0.137. The van der Waals surface area contributed by atoms with Crippen LogP contribution in [-0.4, -0.2) is 22.1 Å². The molecule has 200 valence electrons. The summed E-state index contributed by atoms with van der Waals surface area (Å²) in [7, 11) is 0. The van der Waals surface area contributed by atoms with E-state index in [9.17, 15) is 18.3 Å². The van der Waals surface area contributed by atoms with Crippen molar-refractivity contribution >= 4 is 11.6 Å². The zero-order chi connectivity index (χ0) is 27.6. The van der Waals surface area contributed by atoms with Crippen molar-refractivity contribution in [2.75, 3.05) is 6.54 Å². The Hall–Kier alpha value is -2.50. The van der Waals surface area contributed by atoms with Crippen LogP contribution >= 0.6 is 11.6 Å². The first-order valence-corrected chi connectivity index (χ1v) is 13.0. The number of rotatable bonds is 7. The molecule has 0 spiro atoms. The molecule has 0 aliphatic rings. The number of phenolic OH excluding ortho intramolecular Hbond substituents is 1. The Balaban J connectivity index is 2.01. The van der Waals surface area contributed by atoms with Crippen molar-refractivity contribution in [2.45, 2.75) is 78.1 Å². The van der Waals surface area contributed by atoms with Crippen LogP contribution in [0, 0.1) is 0 Å². The summed E-state index contributed by atoms with van der Waals surface area (Å²) in [5.74, 6) is 0.000700. The Morgan fingerprint density at radius 1 is 0.865 bits per heavy atom. The molecule has 0 saturated carbocycles. The molecule has 0 amide bonds. The van der Waals surface area contributed by atoms with Crippen LogP contribution in [0.15, 0.2) is 60.7 Å². The largest absolute Gasteiger partial charge is 0.507 e. The third kappa shape index (κ3) is 7.52. The molecule has 0 bridgehead atoms. The van der Waals surface area contributed by atoms with Crippen molar-refractivity contribution in [3.8, 4) is 16.9 Å². The lowest BCUT2D eigenvalue weighted by Gasteiger charge is -2.36. The third-order valence-electron chi connectivity index (χ3n) is 6.68. The molecule has 0 saturated heterocycles. The van der Waals surface area contributed by atoms with Gasteiger partial charge in [-0.05, 0) is 80.5 Å². The van der Waals surface area contributed by atoms with Gasteiger partial charge in [-0.2, -0.15) is 13.2 Å². The Morgan fingerprint density at radius 2 is 1.51 bits per heavy atom. The van der Waals surface area contributed by atoms with E-state index in [0.717, 1.165) is 31.0 Å². The van der Waals surface area contributed by atoms with Gasteiger partial charge in [0.2, 0.25) is 0 Å². The van der Waals surface area contributed by atoms with Crippen LogP contribution in [0.1, 0.15) is 70.2 Å². The molecule has 6 heteroatoms. The number of alkyl halides is 3. The maximum Gasteiger partial charge on any atom is 0.417 e. The highest BCUT2D eigenvalue weighted by atomic mass is 35.5. The number of aromatic hydroxyl groups is 1. The minimum Gasteiger partial charge on any atom is -0.507 e. The van der Waals surface area contributed by atoms with Crippen molar-refractivity contribution in [1.29, 1.82) is 0 Å². The summed E-state index contributed by atoms with van der Waals surface area (Å²) in [6, 6.07) is 17.9. The summed E-state index contributed by atoms with van der Waals surface area (Å²) >= 11 is 5.87. The first kappa shape index (κ1) is 29.1. The summed E-state index contributed by atoms with van der Waals surface area (Å²) in [4.78, 5) is 2.31. The monoisotopic (exact) mass is 531 g/mol. The average Bonchev–Trinajstić information content (AvgIpc) is 2.78. The van der Waals surface area contributed by atoms with E-state index in [1.165, 1.54) is 17.7 Å². The molecule has 3 aromatic carbocycles. The van der Waals surface area contributed by atoms with Crippen molar-refractivity contribution < 1.29 is 18.3 Å². The molecule has 0 fully saturated rings. The van der Waals surface area contributed by atoms with Crippen molar-refractivity contribution in [3.05, 3.63) is 87.9 Å². The molecular formula is C31H37ClF3NO. The fourth-order valence-electron chi connectivity index (χ4n) is 4.35. The summed E-state index contributed by atoms with van der Waals surface area (Å²) in [6.07, 6.45) is -2.70. The van der Waals surface area contributed by atoms with Gasteiger partial charge < -0.3 is 5.11 Å². The van der Waals surface area contributed by atoms with E-state index >= 15 is 0 Å². The smallest absolute Gasteiger partial charge is 0.417 e. The lowest BCUT2D eigenvalue weighted by Crippen LogP contribution is -2.41. The molecule has 3 rings (SSSR count). The van der Waals surface area contributed by atoms with Gasteiger partial charge in [-0.1, -0.05) is 74.8 Å². The fourth-order valence-corrected chi connectivity index (χ4v) is 4.58. The number of benzene rings is 3. The van der Waals surface area contributed by atoms with E-state index in [1.54, 1.807) is 6.07 Å². The van der Waals surface area contributed by atoms with Crippen molar-refractivity contribution in [3.63, 3.8) is 0 Å². The normalized spacial score (nSPS) is 12.8. The highest BCUT2D eigenvalue weighted by molar-refractivity contribution is 6.31. The van der Waals surface area contributed by atoms with Crippen LogP contribution in [0.5, 0.6) is 5.75 Å². The van der Waals surface area contributed by atoms with Gasteiger partial charge in [-0.25, -0.2) is 0 Å². The maximum atomic E-state index is 13.6. The molecule has 0 aliphatic heterocycles. The Bertz CT molecular complexity index is 1210. The van der Waals surface area contributed by atoms with Crippen molar-refractivity contribution in [2.24, 2.45) is 0 Å². The van der Waals surface area contributed by atoms with Gasteiger partial charge in [-0.3, -0.25) is 4.90 Å². The van der Waals surface area contributed by atoms with Crippen LogP contribution < -0.4 is 0 Å². The first-order chi connectivity index (χ1) is 17.1. The maximum absolute atomic E-state index is 13.6. The number of nitrogens with zero attached hydrogens (tertiary/aromatic N) is 1. The molecule has 3 aromatic rings. The highest BCUT2D eigenvalue weighted by Gasteiger charge is 2.34. The molecule has 0 atom stereocenters. The summed E-state index contributed by atoms with van der Waals surface area (Å²) in [6.45, 7) is 13.8. The van der Waals surface area contributed by atoms with Crippen LogP contribution in [0.4, 0.5) is 13.2 Å². The van der Waals surface area contributed by atoms with E-state index in [2.05, 4.69) is 58.6 Å². The van der Waals surface area contributed by atoms with Gasteiger partial charge in [0.15, 0.2) is 0 Å². The minimum absolute atomic E-state index is 0.000700. The number of halogens is 4. The summed E-state index contributed by atoms with van der Waals surface area (Å²) in [5, 5.41) is 11.0. The zero-order valence-electron chi connectivity index (χ0n) is 22.5. The Morgan fingerprint density at radius 3 is 2.08 bits per heavy atom. The van der Waals surface area contributed by atoms with Gasteiger partial charge >= 0.3 is 6.18 Å². The van der Waals surface area contributed by atoms with E-state index in [1.807, 2.05) is 24.3 Å². The predicted molar refractivity (Wildman–Crippen MR) is 147 cm³/mol. The van der Waals surface area contributed by atoms with Crippen LogP contribution in [-0.2, 0) is 24.6 Å². The van der Waals surface area contributed by atoms with E-state index in [-0.39, 0.29) is 27.3 Å². The van der Waals surface area contributed by atoms with Gasteiger partial charge in [0, 0.05) is 23.2 Å². The van der Waals surface area contributed by atoms with Gasteiger partial charge in [0.25, 0.3) is 0 Å². The van der Waals surface area contributed by atoms with E-state index in [0.29, 0.717) is 17.7 Å². The molecule has 0 aromatic heterocycles. The molecule has 0 radical (unpaired) electrons. The molecule has 1 N–H and O–H groups in total. The standard InChI is InChI=1S/C31H37ClF3NO/c1-29(2,3)24-17-23(20-36(30(4,5)6)16-10-13-21-11-8-7-9-12-21)28(37)25(19-24)22-14-15-27(32)26(18-22)31(33,34)35/h7-9,11-12,14-15,17-19,37H,10,13,16,20H2,1-6H3. The average molecular weight is 532 g/mol. The predicted octanol–water partition coefficient (Wildman–Crippen LogP) is 9.26. The van der Waals surface area contributed by atoms with Crippen LogP contribution in [0.3, 0.4) is 0 Å². The summed E-state index contributed by atoms with van der Waals surface area (Å²) in [5.41, 5.74) is 2.22. The fraction of sp³-hybridized carbons (Fsp3) is 0.419. The van der Waals surface area contributed by atoms with Gasteiger partial charge in [0.1, 0.15) is 5.75 Å². The second-order valence-corrected chi connectivity index (χ2v) is 12.1. The second-order valence-electron chi connectivity index (χ2n) is 11.7. The molecule has 0 unspecified atom stereocenters. The molecule has 0 aliphatic carbocycles. The Labute approximate surface area is 224 Å². The molecule has 2 nitrogen and oxygen atoms in total. The Kier molecular flexibility index (Phi) is 8.71. The van der Waals surface area contributed by atoms with Gasteiger partial charge in [-0.15, -0.1) is 0 Å². The quantitative estimate of drug-likeness (QED) is 0.328. The zero-order valence-corrected chi connectivity index (χ0v) is 23.3. The number of hydrogen-bond donors (Lipinski definition) is 1.